The molecule has 0 spiro atoms. The van der Waals surface area contributed by atoms with Crippen molar-refractivity contribution >= 4 is 29.2 Å². The Hall–Kier alpha value is -3.35. The van der Waals surface area contributed by atoms with E-state index < -0.39 is 12.6 Å². The highest BCUT2D eigenvalue weighted by molar-refractivity contribution is 6.04. The topological polar surface area (TPSA) is 87.2 Å². The molecule has 7 nitrogen and oxygen atoms in total. The van der Waals surface area contributed by atoms with E-state index in [0.717, 1.165) is 11.3 Å². The van der Waals surface area contributed by atoms with Gasteiger partial charge in [-0.2, -0.15) is 0 Å². The van der Waals surface area contributed by atoms with Crippen molar-refractivity contribution in [2.24, 2.45) is 0 Å². The number of aryl methyl sites for hydroxylation is 1. The molecule has 0 aliphatic carbocycles. The van der Waals surface area contributed by atoms with Gasteiger partial charge < -0.3 is 19.6 Å². The van der Waals surface area contributed by atoms with E-state index in [1.165, 1.54) is 9.80 Å². The fourth-order valence-corrected chi connectivity index (χ4v) is 2.97. The second kappa shape index (κ2) is 7.90. The summed E-state index contributed by atoms with van der Waals surface area (Å²) in [5, 5.41) is 8.63. The van der Waals surface area contributed by atoms with Crippen molar-refractivity contribution in [2.45, 2.75) is 12.8 Å². The highest BCUT2D eigenvalue weighted by Gasteiger charge is 2.26. The third-order valence-corrected chi connectivity index (χ3v) is 4.45. The van der Waals surface area contributed by atoms with E-state index in [0.29, 0.717) is 24.3 Å². The Bertz CT molecular complexity index is 863. The molecule has 1 N–H and O–H groups in total. The fraction of sp³-hybridized carbons (Fsp3) is 0.250. The molecule has 1 heterocycles. The van der Waals surface area contributed by atoms with Crippen molar-refractivity contribution in [2.75, 3.05) is 30.0 Å². The Labute approximate surface area is 156 Å². The lowest BCUT2D eigenvalue weighted by Gasteiger charge is -2.30. The van der Waals surface area contributed by atoms with Crippen LogP contribution in [-0.4, -0.2) is 43.1 Å². The Balaban J connectivity index is 1.69. The van der Waals surface area contributed by atoms with Gasteiger partial charge in [-0.05, 0) is 42.3 Å². The highest BCUT2D eigenvalue weighted by Crippen LogP contribution is 2.27. The molecule has 140 valence electrons. The summed E-state index contributed by atoms with van der Waals surface area (Å²) in [5.74, 6) is -0.938. The number of carbonyl (C=O) groups is 3. The molecule has 0 unspecified atom stereocenters. The van der Waals surface area contributed by atoms with Crippen LogP contribution in [0.25, 0.3) is 0 Å². The van der Waals surface area contributed by atoms with E-state index in [-0.39, 0.29) is 18.4 Å². The first-order chi connectivity index (χ1) is 13.0. The summed E-state index contributed by atoms with van der Waals surface area (Å²) in [4.78, 5) is 38.5. The minimum atomic E-state index is -1.06. The Morgan fingerprint density at radius 3 is 2.52 bits per heavy atom. The van der Waals surface area contributed by atoms with Gasteiger partial charge in [0.1, 0.15) is 12.3 Å². The van der Waals surface area contributed by atoms with Crippen LogP contribution in [0.3, 0.4) is 0 Å². The van der Waals surface area contributed by atoms with E-state index in [4.69, 9.17) is 9.84 Å². The zero-order chi connectivity index (χ0) is 19.4. The van der Waals surface area contributed by atoms with E-state index in [9.17, 15) is 14.4 Å². The highest BCUT2D eigenvalue weighted by atomic mass is 16.5. The monoisotopic (exact) mass is 368 g/mol. The maximum Gasteiger partial charge on any atom is 0.341 e. The molecular weight excluding hydrogens is 348 g/mol. The molecule has 1 aliphatic rings. The van der Waals surface area contributed by atoms with Crippen LogP contribution in [0, 0.1) is 0 Å². The number of anilines is 2. The minimum Gasteiger partial charge on any atom is -0.482 e. The number of nitrogens with zero attached hydrogens (tertiary/aromatic N) is 2. The number of carboxylic acids is 1. The van der Waals surface area contributed by atoms with Crippen LogP contribution in [0.2, 0.25) is 0 Å². The van der Waals surface area contributed by atoms with E-state index in [2.05, 4.69) is 0 Å². The van der Waals surface area contributed by atoms with Crippen LogP contribution in [0.5, 0.6) is 5.75 Å². The molecule has 2 aromatic rings. The van der Waals surface area contributed by atoms with Gasteiger partial charge in [0.05, 0.1) is 0 Å². The molecule has 27 heavy (non-hydrogen) atoms. The summed E-state index contributed by atoms with van der Waals surface area (Å²) in [6.07, 6.45) is 1.08. The van der Waals surface area contributed by atoms with Gasteiger partial charge in [0, 0.05) is 24.8 Å². The third-order valence-electron chi connectivity index (χ3n) is 4.45. The number of amides is 2. The van der Waals surface area contributed by atoms with Crippen LogP contribution in [0.4, 0.5) is 11.4 Å². The van der Waals surface area contributed by atoms with Gasteiger partial charge in [-0.15, -0.1) is 0 Å². The molecule has 3 rings (SSSR count). The number of para-hydroxylation sites is 1. The van der Waals surface area contributed by atoms with Gasteiger partial charge in [-0.3, -0.25) is 9.59 Å². The molecule has 0 bridgehead atoms. The second-order valence-corrected chi connectivity index (χ2v) is 6.24. The molecule has 0 saturated carbocycles. The number of fused-ring (bicyclic) bond motifs is 1. The lowest BCUT2D eigenvalue weighted by Crippen LogP contribution is -2.43. The second-order valence-electron chi connectivity index (χ2n) is 6.24. The number of ether oxygens (including phenoxy) is 1. The van der Waals surface area contributed by atoms with E-state index in [1.54, 1.807) is 31.3 Å². The Kier molecular flexibility index (Phi) is 5.40. The van der Waals surface area contributed by atoms with Gasteiger partial charge in [0.25, 0.3) is 0 Å². The van der Waals surface area contributed by atoms with Crippen molar-refractivity contribution in [3.63, 3.8) is 0 Å². The summed E-state index contributed by atoms with van der Waals surface area (Å²) in [5.41, 5.74) is 2.47. The lowest BCUT2D eigenvalue weighted by molar-refractivity contribution is -0.139. The van der Waals surface area contributed by atoms with Crippen LogP contribution in [-0.2, 0) is 20.8 Å². The molecule has 0 saturated heterocycles. The Morgan fingerprint density at radius 1 is 1.11 bits per heavy atom. The number of aliphatic carboxylic acids is 1. The van der Waals surface area contributed by atoms with Gasteiger partial charge in [0.2, 0.25) is 11.8 Å². The van der Waals surface area contributed by atoms with Gasteiger partial charge in [-0.1, -0.05) is 18.2 Å². The van der Waals surface area contributed by atoms with Crippen molar-refractivity contribution in [3.8, 4) is 5.75 Å². The summed E-state index contributed by atoms with van der Waals surface area (Å²) >= 11 is 0. The molecule has 0 atom stereocenters. The predicted molar refractivity (Wildman–Crippen MR) is 100 cm³/mol. The number of rotatable bonds is 6. The smallest absolute Gasteiger partial charge is 0.341 e. The van der Waals surface area contributed by atoms with Crippen LogP contribution in [0.1, 0.15) is 12.0 Å². The first-order valence-corrected chi connectivity index (χ1v) is 8.55. The maximum atomic E-state index is 12.7. The molecule has 0 aromatic heterocycles. The fourth-order valence-electron chi connectivity index (χ4n) is 2.97. The quantitative estimate of drug-likeness (QED) is 0.844. The number of carbonyl (C=O) groups excluding carboxylic acids is 2. The molecule has 0 radical (unpaired) electrons. The molecule has 2 amide bonds. The average molecular weight is 368 g/mol. The lowest BCUT2D eigenvalue weighted by atomic mass is 10.0. The molecule has 7 heteroatoms. The number of hydrogen-bond acceptors (Lipinski definition) is 4. The summed E-state index contributed by atoms with van der Waals surface area (Å²) in [6.45, 7) is -0.464. The van der Waals surface area contributed by atoms with Gasteiger partial charge >= 0.3 is 5.97 Å². The SMILES string of the molecule is CN(C(=O)CN1C(=O)CCc2ccccc21)c1ccc(OCC(=O)O)cc1. The first-order valence-electron chi connectivity index (χ1n) is 8.55. The first kappa shape index (κ1) is 18.4. The van der Waals surface area contributed by atoms with Crippen molar-refractivity contribution in [3.05, 3.63) is 54.1 Å². The standard InChI is InChI=1S/C20H20N2O5/c1-21(15-7-9-16(10-8-15)27-13-20(25)26)19(24)12-22-17-5-3-2-4-14(17)6-11-18(22)23/h2-5,7-10H,6,11-13H2,1H3,(H,25,26). The van der Waals surface area contributed by atoms with Gasteiger partial charge in [-0.25, -0.2) is 4.79 Å². The number of hydrogen-bond donors (Lipinski definition) is 1. The zero-order valence-electron chi connectivity index (χ0n) is 14.9. The third kappa shape index (κ3) is 4.25. The maximum absolute atomic E-state index is 12.7. The molecular formula is C20H20N2O5. The summed E-state index contributed by atoms with van der Waals surface area (Å²) < 4.78 is 5.08. The van der Waals surface area contributed by atoms with E-state index in [1.807, 2.05) is 24.3 Å². The predicted octanol–water partition coefficient (Wildman–Crippen LogP) is 2.09. The summed E-state index contributed by atoms with van der Waals surface area (Å²) in [6, 6.07) is 14.1. The number of carboxylic acid groups (broad SMARTS) is 1. The molecule has 0 fully saturated rings. The van der Waals surface area contributed by atoms with Crippen LogP contribution in [0.15, 0.2) is 48.5 Å². The number of likely N-dealkylation sites (N-methyl/N-ethyl adjacent to an activating group) is 1. The Morgan fingerprint density at radius 2 is 1.81 bits per heavy atom. The average Bonchev–Trinajstić information content (AvgIpc) is 2.68. The van der Waals surface area contributed by atoms with Crippen LogP contribution >= 0.6 is 0 Å². The largest absolute Gasteiger partial charge is 0.482 e. The van der Waals surface area contributed by atoms with E-state index >= 15 is 0 Å². The molecule has 2 aromatic carbocycles. The van der Waals surface area contributed by atoms with Crippen LogP contribution < -0.4 is 14.5 Å². The van der Waals surface area contributed by atoms with Crippen molar-refractivity contribution in [1.29, 1.82) is 0 Å². The zero-order valence-corrected chi connectivity index (χ0v) is 14.9. The number of benzene rings is 2. The van der Waals surface area contributed by atoms with Crippen molar-refractivity contribution < 1.29 is 24.2 Å². The summed E-state index contributed by atoms with van der Waals surface area (Å²) in [7, 11) is 1.63. The molecule has 1 aliphatic heterocycles. The minimum absolute atomic E-state index is 0.0381. The van der Waals surface area contributed by atoms with Gasteiger partial charge in [0.15, 0.2) is 6.61 Å². The normalized spacial score (nSPS) is 13.1. The van der Waals surface area contributed by atoms with Crippen molar-refractivity contribution in [1.82, 2.24) is 0 Å².